The zero-order chi connectivity index (χ0) is 18.5. The number of aromatic amines is 1. The summed E-state index contributed by atoms with van der Waals surface area (Å²) in [5.41, 5.74) is 8.72. The number of hydrogen-bond donors (Lipinski definition) is 3. The maximum absolute atomic E-state index is 5.86. The van der Waals surface area contributed by atoms with Crippen LogP contribution < -0.4 is 16.0 Å². The van der Waals surface area contributed by atoms with Gasteiger partial charge in [-0.3, -0.25) is 5.10 Å². The van der Waals surface area contributed by atoms with Crippen molar-refractivity contribution in [2.45, 2.75) is 19.4 Å². The van der Waals surface area contributed by atoms with Gasteiger partial charge in [0.15, 0.2) is 0 Å². The number of nitrogen functional groups attached to an aromatic ring is 1. The van der Waals surface area contributed by atoms with Crippen LogP contribution >= 0.6 is 0 Å². The van der Waals surface area contributed by atoms with Gasteiger partial charge in [-0.25, -0.2) is 15.0 Å². The lowest BCUT2D eigenvalue weighted by atomic mass is 9.97. The highest BCUT2D eigenvalue weighted by molar-refractivity contribution is 5.60. The van der Waals surface area contributed by atoms with Crippen molar-refractivity contribution in [3.63, 3.8) is 0 Å². The molecule has 0 amide bonds. The number of pyridine rings is 1. The second-order valence-corrected chi connectivity index (χ2v) is 6.82. The van der Waals surface area contributed by atoms with E-state index < -0.39 is 0 Å². The Morgan fingerprint density at radius 3 is 2.67 bits per heavy atom. The first-order chi connectivity index (χ1) is 13.3. The summed E-state index contributed by atoms with van der Waals surface area (Å²) in [6, 6.07) is 7.63. The molecule has 0 unspecified atom stereocenters. The predicted octanol–water partition coefficient (Wildman–Crippen LogP) is 1.85. The quantitative estimate of drug-likeness (QED) is 0.612. The maximum atomic E-state index is 5.86. The van der Waals surface area contributed by atoms with Crippen LogP contribution in [0.15, 0.2) is 42.9 Å². The molecule has 0 atom stereocenters. The molecule has 27 heavy (non-hydrogen) atoms. The van der Waals surface area contributed by atoms with E-state index in [1.165, 1.54) is 0 Å². The Kier molecular flexibility index (Phi) is 5.24. The first-order valence-corrected chi connectivity index (χ1v) is 9.27. The number of nitrogens with two attached hydrogens (primary N) is 1. The van der Waals surface area contributed by atoms with Gasteiger partial charge in [-0.1, -0.05) is 6.07 Å². The van der Waals surface area contributed by atoms with Gasteiger partial charge in [0, 0.05) is 38.2 Å². The first-order valence-electron chi connectivity index (χ1n) is 9.27. The van der Waals surface area contributed by atoms with E-state index in [1.54, 1.807) is 18.6 Å². The molecular formula is C19H24N8. The molecule has 3 aromatic rings. The Morgan fingerprint density at radius 1 is 1.11 bits per heavy atom. The van der Waals surface area contributed by atoms with Crippen LogP contribution in [0.25, 0.3) is 11.4 Å². The molecule has 0 radical (unpaired) electrons. The Morgan fingerprint density at radius 2 is 1.93 bits per heavy atom. The Balaban J connectivity index is 1.30. The number of nitrogens with zero attached hydrogens (tertiary/aromatic N) is 5. The average molecular weight is 364 g/mol. The summed E-state index contributed by atoms with van der Waals surface area (Å²) in [5.74, 6) is 2.00. The highest BCUT2D eigenvalue weighted by Gasteiger charge is 2.20. The van der Waals surface area contributed by atoms with Gasteiger partial charge < -0.3 is 16.0 Å². The van der Waals surface area contributed by atoms with E-state index in [0.29, 0.717) is 11.7 Å². The minimum Gasteiger partial charge on any atom is -0.384 e. The number of anilines is 2. The molecule has 4 rings (SSSR count). The topological polar surface area (TPSA) is 109 Å². The predicted molar refractivity (Wildman–Crippen MR) is 105 cm³/mol. The Labute approximate surface area is 158 Å². The average Bonchev–Trinajstić information content (AvgIpc) is 3.25. The molecule has 0 bridgehead atoms. The zero-order valence-corrected chi connectivity index (χ0v) is 15.2. The van der Waals surface area contributed by atoms with E-state index in [1.807, 2.05) is 24.3 Å². The number of rotatable bonds is 6. The van der Waals surface area contributed by atoms with Crippen molar-refractivity contribution in [1.29, 1.82) is 0 Å². The number of piperidine rings is 1. The van der Waals surface area contributed by atoms with Gasteiger partial charge in [0.05, 0.1) is 11.4 Å². The Hall–Kier alpha value is -3.00. The number of H-pyrrole nitrogens is 1. The Bertz CT molecular complexity index is 841. The molecule has 1 fully saturated rings. The largest absolute Gasteiger partial charge is 0.384 e. The third-order valence-corrected chi connectivity index (χ3v) is 4.95. The molecule has 1 aliphatic rings. The molecular weight excluding hydrogens is 340 g/mol. The van der Waals surface area contributed by atoms with E-state index in [4.69, 9.17) is 5.73 Å². The van der Waals surface area contributed by atoms with E-state index in [2.05, 4.69) is 35.4 Å². The first kappa shape index (κ1) is 17.4. The molecule has 140 valence electrons. The van der Waals surface area contributed by atoms with Crippen molar-refractivity contribution in [3.8, 4) is 11.4 Å². The molecule has 1 saturated heterocycles. The van der Waals surface area contributed by atoms with Crippen LogP contribution in [-0.4, -0.2) is 44.8 Å². The van der Waals surface area contributed by atoms with Gasteiger partial charge in [0.1, 0.15) is 5.82 Å². The molecule has 0 spiro atoms. The van der Waals surface area contributed by atoms with Gasteiger partial charge in [0.25, 0.3) is 0 Å². The van der Waals surface area contributed by atoms with Gasteiger partial charge in [-0.2, -0.15) is 5.10 Å². The van der Waals surface area contributed by atoms with Crippen LogP contribution in [-0.2, 0) is 6.54 Å². The standard InChI is InChI=1S/C19H24N8/c20-17-3-2-15(18(25-17)16-4-9-24-26-16)13-21-12-14-5-10-27(11-6-14)19-22-7-1-8-23-19/h1-4,7-9,14,21H,5-6,10-13H2,(H2,20,25)(H,24,26). The van der Waals surface area contributed by atoms with E-state index in [9.17, 15) is 0 Å². The highest BCUT2D eigenvalue weighted by Crippen LogP contribution is 2.22. The third-order valence-electron chi connectivity index (χ3n) is 4.95. The summed E-state index contributed by atoms with van der Waals surface area (Å²) in [6.45, 7) is 3.73. The van der Waals surface area contributed by atoms with Crippen LogP contribution in [0.2, 0.25) is 0 Å². The van der Waals surface area contributed by atoms with Crippen LogP contribution in [0.4, 0.5) is 11.8 Å². The molecule has 8 nitrogen and oxygen atoms in total. The molecule has 4 heterocycles. The molecule has 0 aliphatic carbocycles. The summed E-state index contributed by atoms with van der Waals surface area (Å²) in [4.78, 5) is 15.4. The van der Waals surface area contributed by atoms with E-state index >= 15 is 0 Å². The fourth-order valence-electron chi connectivity index (χ4n) is 3.47. The second kappa shape index (κ2) is 8.13. The van der Waals surface area contributed by atoms with Crippen molar-refractivity contribution in [1.82, 2.24) is 30.5 Å². The summed E-state index contributed by atoms with van der Waals surface area (Å²) in [5, 5.41) is 10.6. The van der Waals surface area contributed by atoms with Gasteiger partial charge in [-0.05, 0) is 49.1 Å². The van der Waals surface area contributed by atoms with E-state index in [0.717, 1.165) is 61.9 Å². The van der Waals surface area contributed by atoms with Gasteiger partial charge in [0.2, 0.25) is 5.95 Å². The van der Waals surface area contributed by atoms with Crippen molar-refractivity contribution >= 4 is 11.8 Å². The lowest BCUT2D eigenvalue weighted by Gasteiger charge is -2.32. The smallest absolute Gasteiger partial charge is 0.225 e. The van der Waals surface area contributed by atoms with Crippen LogP contribution in [0.1, 0.15) is 18.4 Å². The normalized spacial score (nSPS) is 15.2. The molecule has 0 aromatic carbocycles. The number of hydrogen-bond acceptors (Lipinski definition) is 7. The van der Waals surface area contributed by atoms with Crippen LogP contribution in [0.5, 0.6) is 0 Å². The highest BCUT2D eigenvalue weighted by atomic mass is 15.2. The lowest BCUT2D eigenvalue weighted by Crippen LogP contribution is -2.38. The summed E-state index contributed by atoms with van der Waals surface area (Å²) in [6.07, 6.45) is 7.60. The van der Waals surface area contributed by atoms with Crippen LogP contribution in [0, 0.1) is 5.92 Å². The van der Waals surface area contributed by atoms with Gasteiger partial charge in [-0.15, -0.1) is 0 Å². The SMILES string of the molecule is Nc1ccc(CNCC2CCN(c3ncccn3)CC2)c(-c2ccn[nH]2)n1. The van der Waals surface area contributed by atoms with Crippen molar-refractivity contribution < 1.29 is 0 Å². The minimum absolute atomic E-state index is 0.513. The molecule has 8 heteroatoms. The lowest BCUT2D eigenvalue weighted by molar-refractivity contribution is 0.380. The summed E-state index contributed by atoms with van der Waals surface area (Å²) < 4.78 is 0. The maximum Gasteiger partial charge on any atom is 0.225 e. The van der Waals surface area contributed by atoms with Crippen molar-refractivity contribution in [3.05, 3.63) is 48.4 Å². The number of aromatic nitrogens is 5. The number of nitrogens with one attached hydrogen (secondary N) is 2. The third kappa shape index (κ3) is 4.22. The van der Waals surface area contributed by atoms with Crippen molar-refractivity contribution in [2.75, 3.05) is 30.3 Å². The molecule has 3 aromatic heterocycles. The summed E-state index contributed by atoms with van der Waals surface area (Å²) >= 11 is 0. The molecule has 4 N–H and O–H groups in total. The van der Waals surface area contributed by atoms with Gasteiger partial charge >= 0.3 is 0 Å². The fraction of sp³-hybridized carbons (Fsp3) is 0.368. The van der Waals surface area contributed by atoms with Crippen LogP contribution in [0.3, 0.4) is 0 Å². The summed E-state index contributed by atoms with van der Waals surface area (Å²) in [7, 11) is 0. The zero-order valence-electron chi connectivity index (χ0n) is 15.2. The monoisotopic (exact) mass is 364 g/mol. The molecule has 0 saturated carbocycles. The fourth-order valence-corrected chi connectivity index (χ4v) is 3.47. The van der Waals surface area contributed by atoms with E-state index in [-0.39, 0.29) is 0 Å². The molecule has 1 aliphatic heterocycles. The minimum atomic E-state index is 0.513. The second-order valence-electron chi connectivity index (χ2n) is 6.82. The van der Waals surface area contributed by atoms with Crippen molar-refractivity contribution in [2.24, 2.45) is 5.92 Å².